The first-order valence-electron chi connectivity index (χ1n) is 5.07. The predicted octanol–water partition coefficient (Wildman–Crippen LogP) is 2.25. The largest absolute Gasteiger partial charge is 0.387 e. The molecule has 0 heterocycles. The molecule has 0 amide bonds. The van der Waals surface area contributed by atoms with Gasteiger partial charge in [-0.05, 0) is 38.5 Å². The highest BCUT2D eigenvalue weighted by Crippen LogP contribution is 2.13. The second-order valence-electron chi connectivity index (χ2n) is 4.70. The van der Waals surface area contributed by atoms with E-state index in [1.165, 1.54) is 12.1 Å². The van der Waals surface area contributed by atoms with E-state index < -0.39 is 6.10 Å². The van der Waals surface area contributed by atoms with Crippen molar-refractivity contribution in [2.75, 3.05) is 6.54 Å². The van der Waals surface area contributed by atoms with Gasteiger partial charge in [-0.15, -0.1) is 0 Å². The van der Waals surface area contributed by atoms with Crippen molar-refractivity contribution >= 4 is 0 Å². The lowest BCUT2D eigenvalue weighted by Crippen LogP contribution is -2.38. The summed E-state index contributed by atoms with van der Waals surface area (Å²) in [7, 11) is 0. The minimum atomic E-state index is -0.593. The van der Waals surface area contributed by atoms with Crippen LogP contribution in [0.2, 0.25) is 0 Å². The molecule has 1 aromatic carbocycles. The molecule has 1 aromatic rings. The van der Waals surface area contributed by atoms with Gasteiger partial charge in [-0.2, -0.15) is 0 Å². The fraction of sp³-hybridized carbons (Fsp3) is 0.500. The molecule has 0 aliphatic rings. The average molecular weight is 211 g/mol. The van der Waals surface area contributed by atoms with E-state index in [0.29, 0.717) is 6.54 Å². The zero-order chi connectivity index (χ0) is 11.5. The summed E-state index contributed by atoms with van der Waals surface area (Å²) in [6, 6.07) is 5.92. The first kappa shape index (κ1) is 12.1. The van der Waals surface area contributed by atoms with Gasteiger partial charge in [0.05, 0.1) is 6.10 Å². The maximum absolute atomic E-state index is 12.6. The Morgan fingerprint density at radius 3 is 2.27 bits per heavy atom. The maximum atomic E-state index is 12.6. The fourth-order valence-corrected chi connectivity index (χ4v) is 1.21. The van der Waals surface area contributed by atoms with E-state index >= 15 is 0 Å². The van der Waals surface area contributed by atoms with Gasteiger partial charge in [-0.3, -0.25) is 0 Å². The quantitative estimate of drug-likeness (QED) is 0.803. The van der Waals surface area contributed by atoms with Gasteiger partial charge >= 0.3 is 0 Å². The molecule has 2 nitrogen and oxygen atoms in total. The molecule has 0 unspecified atom stereocenters. The Balaban J connectivity index is 2.54. The molecular formula is C12H18FNO. The van der Waals surface area contributed by atoms with Crippen molar-refractivity contribution in [2.24, 2.45) is 0 Å². The molecule has 0 saturated carbocycles. The molecule has 0 spiro atoms. The number of nitrogens with one attached hydrogen (secondary N) is 1. The molecule has 0 radical (unpaired) electrons. The van der Waals surface area contributed by atoms with Gasteiger partial charge in [0.1, 0.15) is 5.82 Å². The molecule has 0 aliphatic heterocycles. The van der Waals surface area contributed by atoms with E-state index in [1.807, 2.05) is 20.8 Å². The highest BCUT2D eigenvalue weighted by molar-refractivity contribution is 5.18. The second-order valence-corrected chi connectivity index (χ2v) is 4.70. The van der Waals surface area contributed by atoms with Gasteiger partial charge in [0.2, 0.25) is 0 Å². The van der Waals surface area contributed by atoms with Crippen molar-refractivity contribution < 1.29 is 9.50 Å². The molecule has 2 N–H and O–H groups in total. The van der Waals surface area contributed by atoms with Crippen LogP contribution in [0.4, 0.5) is 4.39 Å². The van der Waals surface area contributed by atoms with Crippen molar-refractivity contribution in [3.05, 3.63) is 35.6 Å². The highest BCUT2D eigenvalue weighted by Gasteiger charge is 2.13. The normalized spacial score (nSPS) is 13.9. The molecule has 1 rings (SSSR count). The number of β-amino-alcohol motifs (C(OH)–C–C–N with tert-alkyl or cyclic N) is 1. The summed E-state index contributed by atoms with van der Waals surface area (Å²) >= 11 is 0. The standard InChI is InChI=1S/C12H18FNO/c1-12(2,3)14-8-11(15)9-4-6-10(13)7-5-9/h4-7,11,14-15H,8H2,1-3H3/t11-/m1/s1. The molecular weight excluding hydrogens is 193 g/mol. The number of benzene rings is 1. The number of hydrogen-bond acceptors (Lipinski definition) is 2. The topological polar surface area (TPSA) is 32.3 Å². The predicted molar refractivity (Wildman–Crippen MR) is 59.1 cm³/mol. The Bertz CT molecular complexity index is 302. The lowest BCUT2D eigenvalue weighted by atomic mass is 10.1. The minimum absolute atomic E-state index is 0.0268. The Hall–Kier alpha value is -0.930. The summed E-state index contributed by atoms with van der Waals surface area (Å²) in [5.74, 6) is -0.283. The third-order valence-electron chi connectivity index (χ3n) is 2.08. The van der Waals surface area contributed by atoms with Crippen molar-refractivity contribution in [3.8, 4) is 0 Å². The zero-order valence-corrected chi connectivity index (χ0v) is 9.42. The summed E-state index contributed by atoms with van der Waals surface area (Å²) < 4.78 is 12.6. The highest BCUT2D eigenvalue weighted by atomic mass is 19.1. The first-order valence-corrected chi connectivity index (χ1v) is 5.07. The van der Waals surface area contributed by atoms with E-state index in [-0.39, 0.29) is 11.4 Å². The molecule has 0 bridgehead atoms. The Labute approximate surface area is 90.1 Å². The monoisotopic (exact) mass is 211 g/mol. The third-order valence-corrected chi connectivity index (χ3v) is 2.08. The van der Waals surface area contributed by atoms with Gasteiger partial charge in [0.25, 0.3) is 0 Å². The SMILES string of the molecule is CC(C)(C)NC[C@@H](O)c1ccc(F)cc1. The first-order chi connectivity index (χ1) is 6.88. The van der Waals surface area contributed by atoms with Crippen molar-refractivity contribution in [1.29, 1.82) is 0 Å². The van der Waals surface area contributed by atoms with Gasteiger partial charge in [0.15, 0.2) is 0 Å². The van der Waals surface area contributed by atoms with E-state index in [4.69, 9.17) is 0 Å². The minimum Gasteiger partial charge on any atom is -0.387 e. The van der Waals surface area contributed by atoms with Crippen LogP contribution in [0.5, 0.6) is 0 Å². The fourth-order valence-electron chi connectivity index (χ4n) is 1.21. The third kappa shape index (κ3) is 4.40. The van der Waals surface area contributed by atoms with Crippen molar-refractivity contribution in [3.63, 3.8) is 0 Å². The molecule has 0 fully saturated rings. The van der Waals surface area contributed by atoms with E-state index in [2.05, 4.69) is 5.32 Å². The maximum Gasteiger partial charge on any atom is 0.123 e. The summed E-state index contributed by atoms with van der Waals surface area (Å²) in [5.41, 5.74) is 0.703. The van der Waals surface area contributed by atoms with Crippen molar-refractivity contribution in [2.45, 2.75) is 32.4 Å². The Morgan fingerprint density at radius 2 is 1.80 bits per heavy atom. The molecule has 0 aliphatic carbocycles. The van der Waals surface area contributed by atoms with Crippen LogP contribution in [0.1, 0.15) is 32.4 Å². The molecule has 0 saturated heterocycles. The summed E-state index contributed by atoms with van der Waals surface area (Å²) in [6.45, 7) is 6.56. The lowest BCUT2D eigenvalue weighted by molar-refractivity contribution is 0.163. The van der Waals surface area contributed by atoms with Crippen LogP contribution in [-0.4, -0.2) is 17.2 Å². The van der Waals surface area contributed by atoms with Gasteiger partial charge in [0, 0.05) is 12.1 Å². The summed E-state index contributed by atoms with van der Waals surface area (Å²) in [6.07, 6.45) is -0.593. The molecule has 84 valence electrons. The van der Waals surface area contributed by atoms with Crippen LogP contribution in [0, 0.1) is 5.82 Å². The number of halogens is 1. The lowest BCUT2D eigenvalue weighted by Gasteiger charge is -2.23. The van der Waals surface area contributed by atoms with Gasteiger partial charge in [-0.25, -0.2) is 4.39 Å². The zero-order valence-electron chi connectivity index (χ0n) is 9.42. The Morgan fingerprint density at radius 1 is 1.27 bits per heavy atom. The molecule has 15 heavy (non-hydrogen) atoms. The number of hydrogen-bond donors (Lipinski definition) is 2. The van der Waals surface area contributed by atoms with E-state index in [1.54, 1.807) is 12.1 Å². The number of aliphatic hydroxyl groups excluding tert-OH is 1. The molecule has 0 aromatic heterocycles. The van der Waals surface area contributed by atoms with E-state index in [0.717, 1.165) is 5.56 Å². The smallest absolute Gasteiger partial charge is 0.123 e. The molecule has 1 atom stereocenters. The summed E-state index contributed by atoms with van der Waals surface area (Å²) in [4.78, 5) is 0. The van der Waals surface area contributed by atoms with Gasteiger partial charge < -0.3 is 10.4 Å². The van der Waals surface area contributed by atoms with Crippen LogP contribution < -0.4 is 5.32 Å². The second kappa shape index (κ2) is 4.73. The molecule has 3 heteroatoms. The van der Waals surface area contributed by atoms with Crippen LogP contribution >= 0.6 is 0 Å². The summed E-state index contributed by atoms with van der Waals surface area (Å²) in [5, 5.41) is 13.0. The van der Waals surface area contributed by atoms with E-state index in [9.17, 15) is 9.50 Å². The van der Waals surface area contributed by atoms with Gasteiger partial charge in [-0.1, -0.05) is 12.1 Å². The van der Waals surface area contributed by atoms with Crippen LogP contribution in [0.3, 0.4) is 0 Å². The number of rotatable bonds is 3. The van der Waals surface area contributed by atoms with Crippen LogP contribution in [-0.2, 0) is 0 Å². The van der Waals surface area contributed by atoms with Crippen molar-refractivity contribution in [1.82, 2.24) is 5.32 Å². The van der Waals surface area contributed by atoms with Crippen LogP contribution in [0.25, 0.3) is 0 Å². The van der Waals surface area contributed by atoms with Crippen LogP contribution in [0.15, 0.2) is 24.3 Å². The number of aliphatic hydroxyl groups is 1. The average Bonchev–Trinajstić information content (AvgIpc) is 2.14. The Kier molecular flexibility index (Phi) is 3.83.